The van der Waals surface area contributed by atoms with E-state index in [1.54, 1.807) is 37.3 Å². The van der Waals surface area contributed by atoms with Crippen molar-refractivity contribution in [1.82, 2.24) is 29.5 Å². The maximum atomic E-state index is 14.6. The number of halogens is 1. The Labute approximate surface area is 190 Å². The van der Waals surface area contributed by atoms with Gasteiger partial charge in [-0.1, -0.05) is 36.4 Å². The average molecular weight is 435 g/mol. The lowest BCUT2D eigenvalue weighted by Gasteiger charge is -2.34. The fourth-order valence-electron chi connectivity index (χ4n) is 3.74. The molecule has 11 heteroatoms. The van der Waals surface area contributed by atoms with Crippen LogP contribution in [0.1, 0.15) is 18.8 Å². The van der Waals surface area contributed by atoms with Gasteiger partial charge >= 0.3 is 0 Å². The second-order valence-electron chi connectivity index (χ2n) is 7.85. The van der Waals surface area contributed by atoms with Gasteiger partial charge in [0, 0.05) is 0 Å². The highest BCUT2D eigenvalue weighted by Gasteiger charge is 2.32. The number of fused-ring (bicyclic) bond motifs is 2. The zero-order chi connectivity index (χ0) is 23.2. The fraction of sp³-hybridized carbons (Fsp3) is 0.136. The highest BCUT2D eigenvalue weighted by atomic mass is 19.1. The standard InChI is InChI=1S/C22H16B2FN7O/c1-22(23,24)17(31-19-16-18(27-10-26-16)28-11-29-19)20-30-14-9-5-8-13(25)15(14)21(33)32(20)12-6-3-2-4-7-12/h2-11,17H,1H3,(H2,26,27,28,29,31)/t17-/m1/s1. The minimum absolute atomic E-state index is 0.127. The summed E-state index contributed by atoms with van der Waals surface area (Å²) in [4.78, 5) is 33.7. The number of rotatable bonds is 5. The van der Waals surface area contributed by atoms with Crippen molar-refractivity contribution in [3.63, 3.8) is 0 Å². The van der Waals surface area contributed by atoms with Crippen LogP contribution in [0.4, 0.5) is 10.2 Å². The van der Waals surface area contributed by atoms with Gasteiger partial charge < -0.3 is 10.3 Å². The predicted molar refractivity (Wildman–Crippen MR) is 125 cm³/mol. The molecule has 3 heterocycles. The van der Waals surface area contributed by atoms with E-state index in [9.17, 15) is 9.18 Å². The Morgan fingerprint density at radius 2 is 1.88 bits per heavy atom. The summed E-state index contributed by atoms with van der Waals surface area (Å²) in [6, 6.07) is 12.2. The summed E-state index contributed by atoms with van der Waals surface area (Å²) in [5.74, 6) is -0.0927. The summed E-state index contributed by atoms with van der Waals surface area (Å²) < 4.78 is 16.0. The number of nitrogens with zero attached hydrogens (tertiary/aromatic N) is 5. The van der Waals surface area contributed by atoms with Crippen molar-refractivity contribution in [1.29, 1.82) is 0 Å². The van der Waals surface area contributed by atoms with Crippen molar-refractivity contribution in [3.05, 3.63) is 83.2 Å². The molecule has 33 heavy (non-hydrogen) atoms. The molecule has 8 nitrogen and oxygen atoms in total. The summed E-state index contributed by atoms with van der Waals surface area (Å²) in [6.07, 6.45) is 2.83. The normalized spacial score (nSPS) is 12.8. The second kappa shape index (κ2) is 7.84. The minimum atomic E-state index is -1.41. The number of nitrogens with one attached hydrogen (secondary N) is 2. The molecule has 0 fully saturated rings. The van der Waals surface area contributed by atoms with E-state index in [-0.39, 0.29) is 16.7 Å². The third-order valence-electron chi connectivity index (χ3n) is 5.27. The molecule has 0 bridgehead atoms. The Balaban J connectivity index is 1.80. The number of para-hydroxylation sites is 1. The van der Waals surface area contributed by atoms with Crippen LogP contribution in [0, 0.1) is 5.82 Å². The Hall–Kier alpha value is -4.01. The molecule has 0 aliphatic heterocycles. The van der Waals surface area contributed by atoms with Crippen LogP contribution in [0.25, 0.3) is 27.8 Å². The molecule has 0 unspecified atom stereocenters. The van der Waals surface area contributed by atoms with E-state index in [1.165, 1.54) is 29.4 Å². The molecule has 4 radical (unpaired) electrons. The van der Waals surface area contributed by atoms with Gasteiger partial charge in [-0.3, -0.25) is 9.36 Å². The van der Waals surface area contributed by atoms with Gasteiger partial charge in [-0.2, -0.15) is 0 Å². The fourth-order valence-corrected chi connectivity index (χ4v) is 3.74. The third-order valence-corrected chi connectivity index (χ3v) is 5.27. The van der Waals surface area contributed by atoms with Crippen molar-refractivity contribution in [2.24, 2.45) is 0 Å². The van der Waals surface area contributed by atoms with Gasteiger partial charge in [0.15, 0.2) is 11.5 Å². The van der Waals surface area contributed by atoms with Crippen LogP contribution in [-0.2, 0) is 0 Å². The first kappa shape index (κ1) is 20.9. The number of imidazole rings is 1. The predicted octanol–water partition coefficient (Wildman–Crippen LogP) is 2.82. The Bertz CT molecular complexity index is 1530. The number of H-pyrrole nitrogens is 1. The summed E-state index contributed by atoms with van der Waals surface area (Å²) in [5.41, 5.74) is 1.07. The molecular weight excluding hydrogens is 419 g/mol. The molecule has 5 rings (SSSR count). The van der Waals surface area contributed by atoms with Crippen molar-refractivity contribution < 1.29 is 4.39 Å². The zero-order valence-electron chi connectivity index (χ0n) is 17.5. The number of hydrogen-bond acceptors (Lipinski definition) is 6. The van der Waals surface area contributed by atoms with Crippen LogP contribution in [0.5, 0.6) is 0 Å². The number of aromatic nitrogens is 6. The summed E-state index contributed by atoms with van der Waals surface area (Å²) >= 11 is 0. The van der Waals surface area contributed by atoms with Crippen LogP contribution in [-0.4, -0.2) is 45.2 Å². The first-order valence-corrected chi connectivity index (χ1v) is 10.1. The van der Waals surface area contributed by atoms with Gasteiger partial charge in [0.25, 0.3) is 5.56 Å². The van der Waals surface area contributed by atoms with E-state index in [2.05, 4.69) is 30.2 Å². The van der Waals surface area contributed by atoms with E-state index in [1.807, 2.05) is 6.07 Å². The quantitative estimate of drug-likeness (QED) is 0.412. The number of aromatic amines is 1. The number of benzene rings is 2. The largest absolute Gasteiger partial charge is 0.359 e. The molecule has 2 N–H and O–H groups in total. The van der Waals surface area contributed by atoms with Crippen LogP contribution < -0.4 is 10.9 Å². The minimum Gasteiger partial charge on any atom is -0.359 e. The van der Waals surface area contributed by atoms with Gasteiger partial charge in [0.2, 0.25) is 0 Å². The summed E-state index contributed by atoms with van der Waals surface area (Å²) in [7, 11) is 12.7. The second-order valence-corrected chi connectivity index (χ2v) is 7.85. The molecule has 3 aromatic heterocycles. The van der Waals surface area contributed by atoms with E-state index < -0.39 is 22.6 Å². The van der Waals surface area contributed by atoms with Gasteiger partial charge in [-0.25, -0.2) is 24.3 Å². The molecule has 0 aliphatic carbocycles. The molecule has 5 aromatic rings. The molecule has 0 amide bonds. The van der Waals surface area contributed by atoms with Crippen molar-refractivity contribution >= 4 is 43.6 Å². The lowest BCUT2D eigenvalue weighted by atomic mass is 9.51. The smallest absolute Gasteiger partial charge is 0.269 e. The third kappa shape index (κ3) is 3.65. The molecule has 0 saturated carbocycles. The van der Waals surface area contributed by atoms with E-state index >= 15 is 0 Å². The number of hydrogen-bond donors (Lipinski definition) is 2. The van der Waals surface area contributed by atoms with Crippen LogP contribution in [0.15, 0.2) is 66.0 Å². The molecule has 2 aromatic carbocycles. The van der Waals surface area contributed by atoms with Gasteiger partial charge in [-0.05, 0) is 24.3 Å². The van der Waals surface area contributed by atoms with Crippen LogP contribution in [0.3, 0.4) is 0 Å². The Morgan fingerprint density at radius 3 is 2.64 bits per heavy atom. The van der Waals surface area contributed by atoms with Crippen molar-refractivity contribution in [2.45, 2.75) is 18.2 Å². The molecule has 158 valence electrons. The average Bonchev–Trinajstić information content (AvgIpc) is 3.27. The Kier molecular flexibility index (Phi) is 4.96. The molecular formula is C22H16B2FN7O. The van der Waals surface area contributed by atoms with E-state index in [0.717, 1.165) is 0 Å². The van der Waals surface area contributed by atoms with Crippen molar-refractivity contribution in [3.8, 4) is 5.69 Å². The van der Waals surface area contributed by atoms with Gasteiger partial charge in [0.05, 0.1) is 39.3 Å². The van der Waals surface area contributed by atoms with E-state index in [4.69, 9.17) is 15.7 Å². The van der Waals surface area contributed by atoms with Crippen LogP contribution >= 0.6 is 0 Å². The van der Waals surface area contributed by atoms with E-state index in [0.29, 0.717) is 22.7 Å². The van der Waals surface area contributed by atoms with Gasteiger partial charge in [-0.15, -0.1) is 0 Å². The van der Waals surface area contributed by atoms with Gasteiger partial charge in [0.1, 0.15) is 28.9 Å². The maximum absolute atomic E-state index is 14.6. The molecule has 0 aliphatic rings. The Morgan fingerprint density at radius 1 is 1.09 bits per heavy atom. The highest BCUT2D eigenvalue weighted by molar-refractivity contribution is 6.40. The zero-order valence-corrected chi connectivity index (χ0v) is 17.5. The first-order chi connectivity index (χ1) is 15.8. The highest BCUT2D eigenvalue weighted by Crippen LogP contribution is 2.37. The lowest BCUT2D eigenvalue weighted by molar-refractivity contribution is 0.611. The summed E-state index contributed by atoms with van der Waals surface area (Å²) in [5, 5.41) is 1.66. The number of anilines is 1. The monoisotopic (exact) mass is 435 g/mol. The lowest BCUT2D eigenvalue weighted by Crippen LogP contribution is -2.34. The summed E-state index contributed by atoms with van der Waals surface area (Å²) in [6.45, 7) is 1.59. The first-order valence-electron chi connectivity index (χ1n) is 10.1. The van der Waals surface area contributed by atoms with Crippen LogP contribution in [0.2, 0.25) is 5.21 Å². The molecule has 0 spiro atoms. The maximum Gasteiger partial charge on any atom is 0.269 e. The molecule has 0 saturated heterocycles. The topological polar surface area (TPSA) is 101 Å². The van der Waals surface area contributed by atoms with Crippen molar-refractivity contribution in [2.75, 3.05) is 5.32 Å². The molecule has 1 atom stereocenters. The SMILES string of the molecule is [B]C([B])(C)[C@H](Nc1ncnc2nc[nH]c12)c1nc2cccc(F)c2c(=O)n1-c1ccccc1.